The molecule has 0 aliphatic carbocycles. The van der Waals surface area contributed by atoms with Crippen LogP contribution in [0.1, 0.15) is 29.7 Å². The lowest BCUT2D eigenvalue weighted by Crippen LogP contribution is -2.27. The SMILES string of the molecule is O=c1[nH]c(N2CCCC2)nc2c1CCN(Cc1cccnc1)CC2. The second kappa shape index (κ2) is 6.73. The second-order valence-electron chi connectivity index (χ2n) is 6.65. The van der Waals surface area contributed by atoms with Gasteiger partial charge in [0.2, 0.25) is 5.95 Å². The molecular formula is C18H23N5O. The summed E-state index contributed by atoms with van der Waals surface area (Å²) in [7, 11) is 0. The molecule has 1 N–H and O–H groups in total. The molecule has 0 saturated carbocycles. The van der Waals surface area contributed by atoms with Crippen LogP contribution < -0.4 is 10.5 Å². The van der Waals surface area contributed by atoms with E-state index in [4.69, 9.17) is 4.98 Å². The summed E-state index contributed by atoms with van der Waals surface area (Å²) in [5.74, 6) is 0.761. The van der Waals surface area contributed by atoms with Gasteiger partial charge in [0.25, 0.3) is 5.56 Å². The summed E-state index contributed by atoms with van der Waals surface area (Å²) in [6.45, 7) is 4.68. The number of fused-ring (bicyclic) bond motifs is 1. The van der Waals surface area contributed by atoms with E-state index >= 15 is 0 Å². The molecule has 6 nitrogen and oxygen atoms in total. The molecule has 24 heavy (non-hydrogen) atoms. The Morgan fingerprint density at radius 3 is 2.75 bits per heavy atom. The summed E-state index contributed by atoms with van der Waals surface area (Å²) >= 11 is 0. The molecule has 2 aliphatic heterocycles. The van der Waals surface area contributed by atoms with Crippen LogP contribution in [-0.4, -0.2) is 46.0 Å². The maximum absolute atomic E-state index is 12.5. The van der Waals surface area contributed by atoms with Crippen molar-refractivity contribution < 1.29 is 0 Å². The molecule has 126 valence electrons. The van der Waals surface area contributed by atoms with Crippen LogP contribution in [0.2, 0.25) is 0 Å². The Morgan fingerprint density at radius 2 is 1.96 bits per heavy atom. The minimum atomic E-state index is 0.0464. The van der Waals surface area contributed by atoms with E-state index in [1.807, 2.05) is 12.3 Å². The van der Waals surface area contributed by atoms with Crippen LogP contribution in [0.4, 0.5) is 5.95 Å². The number of nitrogens with zero attached hydrogens (tertiary/aromatic N) is 4. The van der Waals surface area contributed by atoms with E-state index < -0.39 is 0 Å². The van der Waals surface area contributed by atoms with E-state index in [2.05, 4.69) is 25.8 Å². The Balaban J connectivity index is 1.52. The fourth-order valence-electron chi connectivity index (χ4n) is 3.63. The van der Waals surface area contributed by atoms with E-state index in [1.54, 1.807) is 6.20 Å². The highest BCUT2D eigenvalue weighted by atomic mass is 16.1. The highest BCUT2D eigenvalue weighted by Gasteiger charge is 2.21. The van der Waals surface area contributed by atoms with Gasteiger partial charge in [0.15, 0.2) is 0 Å². The quantitative estimate of drug-likeness (QED) is 0.923. The molecule has 0 spiro atoms. The van der Waals surface area contributed by atoms with Crippen molar-refractivity contribution in [1.29, 1.82) is 0 Å². The molecule has 0 unspecified atom stereocenters. The lowest BCUT2D eigenvalue weighted by molar-refractivity contribution is 0.278. The molecule has 4 heterocycles. The van der Waals surface area contributed by atoms with Crippen molar-refractivity contribution in [2.24, 2.45) is 0 Å². The normalized spacial score (nSPS) is 18.4. The largest absolute Gasteiger partial charge is 0.342 e. The van der Waals surface area contributed by atoms with Crippen LogP contribution in [-0.2, 0) is 19.4 Å². The van der Waals surface area contributed by atoms with Crippen molar-refractivity contribution in [1.82, 2.24) is 19.9 Å². The predicted molar refractivity (Wildman–Crippen MR) is 93.2 cm³/mol. The number of rotatable bonds is 3. The third kappa shape index (κ3) is 3.19. The van der Waals surface area contributed by atoms with Crippen molar-refractivity contribution in [3.63, 3.8) is 0 Å². The molecule has 4 rings (SSSR count). The summed E-state index contributed by atoms with van der Waals surface area (Å²) in [4.78, 5) is 29.1. The lowest BCUT2D eigenvalue weighted by atomic mass is 10.1. The first-order valence-electron chi connectivity index (χ1n) is 8.78. The standard InChI is InChI=1S/C18H23N5O/c24-17-15-5-10-22(13-14-4-3-7-19-12-14)11-6-16(15)20-18(21-17)23-8-1-2-9-23/h3-4,7,12H,1-2,5-6,8-11,13H2,(H,20,21,24). The second-order valence-corrected chi connectivity index (χ2v) is 6.65. The summed E-state index contributed by atoms with van der Waals surface area (Å²) in [6, 6.07) is 4.07. The van der Waals surface area contributed by atoms with Crippen molar-refractivity contribution in [3.8, 4) is 0 Å². The molecule has 0 radical (unpaired) electrons. The van der Waals surface area contributed by atoms with E-state index in [1.165, 1.54) is 18.4 Å². The molecular weight excluding hydrogens is 302 g/mol. The Labute approximate surface area is 141 Å². The summed E-state index contributed by atoms with van der Waals surface area (Å²) in [5, 5.41) is 0. The number of nitrogens with one attached hydrogen (secondary N) is 1. The molecule has 0 bridgehead atoms. The molecule has 1 fully saturated rings. The van der Waals surface area contributed by atoms with E-state index in [-0.39, 0.29) is 5.56 Å². The first-order chi connectivity index (χ1) is 11.8. The van der Waals surface area contributed by atoms with Crippen LogP contribution >= 0.6 is 0 Å². The summed E-state index contributed by atoms with van der Waals surface area (Å²) < 4.78 is 0. The van der Waals surface area contributed by atoms with E-state index in [0.29, 0.717) is 0 Å². The Kier molecular flexibility index (Phi) is 4.30. The number of anilines is 1. The Hall–Kier alpha value is -2.21. The van der Waals surface area contributed by atoms with Gasteiger partial charge in [-0.3, -0.25) is 19.7 Å². The first-order valence-corrected chi connectivity index (χ1v) is 8.78. The smallest absolute Gasteiger partial charge is 0.255 e. The fraction of sp³-hybridized carbons (Fsp3) is 0.500. The van der Waals surface area contributed by atoms with Gasteiger partial charge >= 0.3 is 0 Å². The summed E-state index contributed by atoms with van der Waals surface area (Å²) in [6.07, 6.45) is 7.66. The predicted octanol–water partition coefficient (Wildman–Crippen LogP) is 1.37. The number of hydrogen-bond donors (Lipinski definition) is 1. The van der Waals surface area contributed by atoms with Gasteiger partial charge in [-0.25, -0.2) is 4.98 Å². The van der Waals surface area contributed by atoms with Gasteiger partial charge in [-0.1, -0.05) is 6.07 Å². The van der Waals surface area contributed by atoms with Crippen LogP contribution in [0, 0.1) is 0 Å². The number of pyridine rings is 1. The average Bonchev–Trinajstić information content (AvgIpc) is 3.06. The molecule has 0 atom stereocenters. The first kappa shape index (κ1) is 15.3. The monoisotopic (exact) mass is 325 g/mol. The van der Waals surface area contributed by atoms with Crippen molar-refractivity contribution in [2.75, 3.05) is 31.1 Å². The third-order valence-electron chi connectivity index (χ3n) is 4.97. The van der Waals surface area contributed by atoms with Crippen LogP contribution in [0.3, 0.4) is 0 Å². The van der Waals surface area contributed by atoms with Crippen molar-refractivity contribution >= 4 is 5.95 Å². The number of aromatic nitrogens is 3. The molecule has 0 aromatic carbocycles. The maximum atomic E-state index is 12.5. The third-order valence-corrected chi connectivity index (χ3v) is 4.97. The number of hydrogen-bond acceptors (Lipinski definition) is 5. The van der Waals surface area contributed by atoms with Gasteiger partial charge in [-0.05, 0) is 30.9 Å². The van der Waals surface area contributed by atoms with Crippen LogP contribution in [0.5, 0.6) is 0 Å². The zero-order valence-corrected chi connectivity index (χ0v) is 13.9. The number of aromatic amines is 1. The number of H-pyrrole nitrogens is 1. The van der Waals surface area contributed by atoms with Gasteiger partial charge in [-0.2, -0.15) is 0 Å². The van der Waals surface area contributed by atoms with Gasteiger partial charge in [-0.15, -0.1) is 0 Å². The van der Waals surface area contributed by atoms with Gasteiger partial charge in [0.05, 0.1) is 5.69 Å². The fourth-order valence-corrected chi connectivity index (χ4v) is 3.63. The topological polar surface area (TPSA) is 65.1 Å². The van der Waals surface area contributed by atoms with E-state index in [0.717, 1.165) is 62.8 Å². The molecule has 6 heteroatoms. The van der Waals surface area contributed by atoms with Crippen molar-refractivity contribution in [2.45, 2.75) is 32.2 Å². The van der Waals surface area contributed by atoms with Gasteiger partial charge in [0, 0.05) is 57.1 Å². The Bertz CT molecular complexity index is 752. The highest BCUT2D eigenvalue weighted by Crippen LogP contribution is 2.18. The molecule has 2 aromatic heterocycles. The van der Waals surface area contributed by atoms with Crippen molar-refractivity contribution in [3.05, 3.63) is 51.7 Å². The van der Waals surface area contributed by atoms with Crippen LogP contribution in [0.25, 0.3) is 0 Å². The highest BCUT2D eigenvalue weighted by molar-refractivity contribution is 5.35. The van der Waals surface area contributed by atoms with E-state index in [9.17, 15) is 4.79 Å². The molecule has 1 saturated heterocycles. The zero-order chi connectivity index (χ0) is 16.4. The average molecular weight is 325 g/mol. The van der Waals surface area contributed by atoms with Gasteiger partial charge < -0.3 is 4.90 Å². The Morgan fingerprint density at radius 1 is 1.12 bits per heavy atom. The van der Waals surface area contributed by atoms with Crippen LogP contribution in [0.15, 0.2) is 29.3 Å². The van der Waals surface area contributed by atoms with Gasteiger partial charge in [0.1, 0.15) is 0 Å². The minimum Gasteiger partial charge on any atom is -0.342 e. The minimum absolute atomic E-state index is 0.0464. The molecule has 2 aliphatic rings. The molecule has 0 amide bonds. The molecule has 2 aromatic rings. The summed E-state index contributed by atoms with van der Waals surface area (Å²) in [5.41, 5.74) is 3.11. The lowest BCUT2D eigenvalue weighted by Gasteiger charge is -2.19. The maximum Gasteiger partial charge on any atom is 0.255 e. The zero-order valence-electron chi connectivity index (χ0n) is 13.9.